The second-order valence-corrected chi connectivity index (χ2v) is 6.99. The van der Waals surface area contributed by atoms with Gasteiger partial charge in [0.05, 0.1) is 27.3 Å². The maximum absolute atomic E-state index is 12.5. The highest BCUT2D eigenvalue weighted by Gasteiger charge is 2.25. The van der Waals surface area contributed by atoms with Gasteiger partial charge in [0.2, 0.25) is 5.91 Å². The first-order valence-corrected chi connectivity index (χ1v) is 8.97. The molecule has 1 saturated heterocycles. The highest BCUT2D eigenvalue weighted by Crippen LogP contribution is 2.32. The largest absolute Gasteiger partial charge is 0.324 e. The van der Waals surface area contributed by atoms with Crippen molar-refractivity contribution in [1.29, 1.82) is 0 Å². The van der Waals surface area contributed by atoms with Gasteiger partial charge in [-0.05, 0) is 23.8 Å². The Balaban J connectivity index is 1.70. The highest BCUT2D eigenvalue weighted by molar-refractivity contribution is 6.44. The number of hydrogen-bond donors (Lipinski definition) is 2. The van der Waals surface area contributed by atoms with E-state index in [0.717, 1.165) is 25.2 Å². The third kappa shape index (κ3) is 4.63. The molecule has 3 rings (SSSR count). The molecule has 0 bridgehead atoms. The SMILES string of the molecule is O=C(CN1CCNCC1c1cccnc1)Nc1cc(Cl)c(Cl)cc1Cl. The third-order valence-electron chi connectivity index (χ3n) is 4.05. The zero-order valence-corrected chi connectivity index (χ0v) is 15.6. The standard InChI is InChI=1S/C17H17Cl3N4O/c18-12-6-14(20)15(7-13(12)19)23-17(25)10-24-5-4-22-9-16(24)11-2-1-3-21-8-11/h1-3,6-8,16,22H,4-5,9-10H2,(H,23,25). The number of halogens is 3. The zero-order valence-electron chi connectivity index (χ0n) is 13.3. The lowest BCUT2D eigenvalue weighted by molar-refractivity contribution is -0.118. The van der Waals surface area contributed by atoms with E-state index in [1.807, 2.05) is 18.3 Å². The Morgan fingerprint density at radius 3 is 2.84 bits per heavy atom. The fourth-order valence-electron chi connectivity index (χ4n) is 2.83. The molecule has 1 unspecified atom stereocenters. The van der Waals surface area contributed by atoms with Crippen molar-refractivity contribution in [2.45, 2.75) is 6.04 Å². The van der Waals surface area contributed by atoms with Crippen LogP contribution >= 0.6 is 34.8 Å². The molecule has 1 fully saturated rings. The van der Waals surface area contributed by atoms with Crippen LogP contribution in [0.3, 0.4) is 0 Å². The minimum absolute atomic E-state index is 0.0949. The van der Waals surface area contributed by atoms with Crippen LogP contribution in [0.25, 0.3) is 0 Å². The maximum Gasteiger partial charge on any atom is 0.238 e. The van der Waals surface area contributed by atoms with E-state index in [4.69, 9.17) is 34.8 Å². The first-order chi connectivity index (χ1) is 12.0. The van der Waals surface area contributed by atoms with Gasteiger partial charge in [-0.3, -0.25) is 14.7 Å². The van der Waals surface area contributed by atoms with Gasteiger partial charge in [-0.2, -0.15) is 0 Å². The normalized spacial score (nSPS) is 18.1. The Morgan fingerprint density at radius 1 is 1.28 bits per heavy atom. The fourth-order valence-corrected chi connectivity index (χ4v) is 3.42. The van der Waals surface area contributed by atoms with Gasteiger partial charge in [-0.15, -0.1) is 0 Å². The predicted molar refractivity (Wildman–Crippen MR) is 102 cm³/mol. The van der Waals surface area contributed by atoms with E-state index in [1.165, 1.54) is 6.07 Å². The molecule has 5 nitrogen and oxygen atoms in total. The van der Waals surface area contributed by atoms with Crippen molar-refractivity contribution in [1.82, 2.24) is 15.2 Å². The van der Waals surface area contributed by atoms with Crippen LogP contribution in [0.2, 0.25) is 15.1 Å². The number of piperazine rings is 1. The van der Waals surface area contributed by atoms with Crippen molar-refractivity contribution < 1.29 is 4.79 Å². The van der Waals surface area contributed by atoms with Crippen molar-refractivity contribution in [2.75, 3.05) is 31.5 Å². The summed E-state index contributed by atoms with van der Waals surface area (Å²) in [5, 5.41) is 7.21. The fraction of sp³-hybridized carbons (Fsp3) is 0.294. The van der Waals surface area contributed by atoms with Crippen molar-refractivity contribution >= 4 is 46.4 Å². The minimum atomic E-state index is -0.156. The molecular weight excluding hydrogens is 383 g/mol. The Bertz CT molecular complexity index is 757. The summed E-state index contributed by atoms with van der Waals surface area (Å²) >= 11 is 18.0. The van der Waals surface area contributed by atoms with E-state index in [2.05, 4.69) is 20.5 Å². The van der Waals surface area contributed by atoms with Gasteiger partial charge in [0, 0.05) is 38.1 Å². The van der Waals surface area contributed by atoms with Gasteiger partial charge in [-0.25, -0.2) is 0 Å². The van der Waals surface area contributed by atoms with Crippen molar-refractivity contribution in [3.8, 4) is 0 Å². The van der Waals surface area contributed by atoms with E-state index in [0.29, 0.717) is 20.8 Å². The number of nitrogens with zero attached hydrogens (tertiary/aromatic N) is 2. The van der Waals surface area contributed by atoms with Gasteiger partial charge in [0.15, 0.2) is 0 Å². The summed E-state index contributed by atoms with van der Waals surface area (Å²) in [6.45, 7) is 2.62. The lowest BCUT2D eigenvalue weighted by Crippen LogP contribution is -2.48. The number of carbonyl (C=O) groups excluding carboxylic acids is 1. The van der Waals surface area contributed by atoms with Crippen LogP contribution in [0.1, 0.15) is 11.6 Å². The molecule has 2 aromatic rings. The number of rotatable bonds is 4. The first-order valence-electron chi connectivity index (χ1n) is 7.83. The van der Waals surface area contributed by atoms with E-state index in [-0.39, 0.29) is 18.5 Å². The minimum Gasteiger partial charge on any atom is -0.324 e. The molecule has 0 spiro atoms. The number of hydrogen-bond acceptors (Lipinski definition) is 4. The second-order valence-electron chi connectivity index (χ2n) is 5.77. The Labute approximate surface area is 161 Å². The molecule has 132 valence electrons. The Morgan fingerprint density at radius 2 is 2.08 bits per heavy atom. The molecule has 0 radical (unpaired) electrons. The molecule has 1 amide bonds. The molecular formula is C17H17Cl3N4O. The second kappa shape index (κ2) is 8.34. The third-order valence-corrected chi connectivity index (χ3v) is 5.09. The molecule has 2 heterocycles. The molecule has 1 aromatic heterocycles. The summed E-state index contributed by atoms with van der Waals surface area (Å²) in [4.78, 5) is 18.8. The molecule has 1 atom stereocenters. The first kappa shape index (κ1) is 18.4. The molecule has 8 heteroatoms. The number of benzene rings is 1. The van der Waals surface area contributed by atoms with Crippen LogP contribution in [0.5, 0.6) is 0 Å². The molecule has 0 saturated carbocycles. The maximum atomic E-state index is 12.5. The number of nitrogens with one attached hydrogen (secondary N) is 2. The number of carbonyl (C=O) groups is 1. The average Bonchev–Trinajstić information content (AvgIpc) is 2.61. The summed E-state index contributed by atoms with van der Waals surface area (Å²) in [6.07, 6.45) is 3.57. The number of amides is 1. The number of aromatic nitrogens is 1. The van der Waals surface area contributed by atoms with Crippen molar-refractivity contribution in [3.05, 3.63) is 57.3 Å². The van der Waals surface area contributed by atoms with Crippen LogP contribution in [-0.2, 0) is 4.79 Å². The van der Waals surface area contributed by atoms with Gasteiger partial charge < -0.3 is 10.6 Å². The Hall–Kier alpha value is -1.37. The molecule has 2 N–H and O–H groups in total. The molecule has 25 heavy (non-hydrogen) atoms. The quantitative estimate of drug-likeness (QED) is 0.771. The zero-order chi connectivity index (χ0) is 17.8. The lowest BCUT2D eigenvalue weighted by Gasteiger charge is -2.35. The molecule has 1 aliphatic heterocycles. The van der Waals surface area contributed by atoms with Crippen molar-refractivity contribution in [3.63, 3.8) is 0 Å². The van der Waals surface area contributed by atoms with Crippen LogP contribution in [0.4, 0.5) is 5.69 Å². The number of pyridine rings is 1. The summed E-state index contributed by atoms with van der Waals surface area (Å²) < 4.78 is 0. The lowest BCUT2D eigenvalue weighted by atomic mass is 10.1. The van der Waals surface area contributed by atoms with Crippen LogP contribution < -0.4 is 10.6 Å². The van der Waals surface area contributed by atoms with E-state index in [1.54, 1.807) is 12.3 Å². The highest BCUT2D eigenvalue weighted by atomic mass is 35.5. The van der Waals surface area contributed by atoms with Gasteiger partial charge in [0.1, 0.15) is 0 Å². The molecule has 1 aliphatic rings. The van der Waals surface area contributed by atoms with Crippen molar-refractivity contribution in [2.24, 2.45) is 0 Å². The summed E-state index contributed by atoms with van der Waals surface area (Å²) in [7, 11) is 0. The predicted octanol–water partition coefficient (Wildman–Crippen LogP) is 3.63. The van der Waals surface area contributed by atoms with E-state index < -0.39 is 0 Å². The summed E-state index contributed by atoms with van der Waals surface area (Å²) in [5.41, 5.74) is 1.53. The summed E-state index contributed by atoms with van der Waals surface area (Å²) in [6, 6.07) is 7.09. The smallest absolute Gasteiger partial charge is 0.238 e. The van der Waals surface area contributed by atoms with Crippen LogP contribution in [0, 0.1) is 0 Å². The molecule has 0 aliphatic carbocycles. The monoisotopic (exact) mass is 398 g/mol. The number of anilines is 1. The van der Waals surface area contributed by atoms with E-state index >= 15 is 0 Å². The van der Waals surface area contributed by atoms with Crippen LogP contribution in [-0.4, -0.2) is 42.0 Å². The van der Waals surface area contributed by atoms with Gasteiger partial charge >= 0.3 is 0 Å². The molecule has 1 aromatic carbocycles. The van der Waals surface area contributed by atoms with Gasteiger partial charge in [0.25, 0.3) is 0 Å². The summed E-state index contributed by atoms with van der Waals surface area (Å²) in [5.74, 6) is -0.156. The van der Waals surface area contributed by atoms with Gasteiger partial charge in [-0.1, -0.05) is 40.9 Å². The average molecular weight is 400 g/mol. The van der Waals surface area contributed by atoms with E-state index in [9.17, 15) is 4.79 Å². The topological polar surface area (TPSA) is 57.3 Å². The van der Waals surface area contributed by atoms with Crippen LogP contribution in [0.15, 0.2) is 36.7 Å². The Kier molecular flexibility index (Phi) is 6.15.